The van der Waals surface area contributed by atoms with Gasteiger partial charge in [0.15, 0.2) is 0 Å². The topological polar surface area (TPSA) is 43.4 Å². The third kappa shape index (κ3) is 1.93. The summed E-state index contributed by atoms with van der Waals surface area (Å²) < 4.78 is 7.66. The standard InChI is InChI=1S/C12H2Br4O3/c13-5-2-3-1-4-7(12(18)19-11(4)17)9(15)6(3)10(16)8(5)14/h1-2H. The van der Waals surface area contributed by atoms with Gasteiger partial charge in [-0.25, -0.2) is 9.59 Å². The van der Waals surface area contributed by atoms with Crippen molar-refractivity contribution >= 4 is 86.4 Å². The molecule has 0 N–H and O–H groups in total. The van der Waals surface area contributed by atoms with Crippen molar-refractivity contribution in [2.75, 3.05) is 0 Å². The average Bonchev–Trinajstić information content (AvgIpc) is 2.62. The molecule has 0 radical (unpaired) electrons. The van der Waals surface area contributed by atoms with Gasteiger partial charge in [0.05, 0.1) is 11.1 Å². The zero-order valence-corrected chi connectivity index (χ0v) is 15.2. The second kappa shape index (κ2) is 4.65. The van der Waals surface area contributed by atoms with Gasteiger partial charge in [0.2, 0.25) is 0 Å². The number of cyclic esters (lactones) is 2. The Balaban J connectivity index is 2.54. The summed E-state index contributed by atoms with van der Waals surface area (Å²) in [6, 6.07) is 3.52. The maximum atomic E-state index is 11.7. The van der Waals surface area contributed by atoms with Gasteiger partial charge >= 0.3 is 11.9 Å². The van der Waals surface area contributed by atoms with Crippen molar-refractivity contribution in [3.8, 4) is 0 Å². The zero-order valence-electron chi connectivity index (χ0n) is 8.89. The van der Waals surface area contributed by atoms with Crippen LogP contribution < -0.4 is 0 Å². The maximum absolute atomic E-state index is 11.7. The molecule has 2 aromatic rings. The summed E-state index contributed by atoms with van der Waals surface area (Å²) in [6.45, 7) is 0. The SMILES string of the molecule is O=C1OC(=O)c2c1cc1cc(Br)c(Br)c(Br)c1c2Br. The molecule has 0 aromatic heterocycles. The fourth-order valence-electron chi connectivity index (χ4n) is 1.97. The van der Waals surface area contributed by atoms with Crippen LogP contribution in [0.15, 0.2) is 30.0 Å². The quantitative estimate of drug-likeness (QED) is 0.276. The molecule has 7 heteroatoms. The van der Waals surface area contributed by atoms with Gasteiger partial charge in [0.1, 0.15) is 0 Å². The molecule has 0 saturated carbocycles. The van der Waals surface area contributed by atoms with Gasteiger partial charge in [-0.3, -0.25) is 0 Å². The molecule has 1 aliphatic heterocycles. The van der Waals surface area contributed by atoms with Crippen LogP contribution in [0, 0.1) is 0 Å². The van der Waals surface area contributed by atoms with Crippen LogP contribution in [0.25, 0.3) is 10.8 Å². The first kappa shape index (κ1) is 13.7. The number of rotatable bonds is 0. The van der Waals surface area contributed by atoms with Gasteiger partial charge in [-0.2, -0.15) is 0 Å². The van der Waals surface area contributed by atoms with Crippen molar-refractivity contribution in [3.63, 3.8) is 0 Å². The lowest BCUT2D eigenvalue weighted by molar-refractivity contribution is 0.0443. The number of esters is 2. The third-order valence-electron chi connectivity index (χ3n) is 2.81. The average molecular weight is 514 g/mol. The van der Waals surface area contributed by atoms with Gasteiger partial charge in [-0.1, -0.05) is 0 Å². The molecule has 0 bridgehead atoms. The highest BCUT2D eigenvalue weighted by molar-refractivity contribution is 9.14. The van der Waals surface area contributed by atoms with E-state index in [9.17, 15) is 9.59 Å². The van der Waals surface area contributed by atoms with E-state index in [0.29, 0.717) is 4.47 Å². The second-order valence-corrected chi connectivity index (χ2v) is 7.11. The summed E-state index contributed by atoms with van der Waals surface area (Å²) in [4.78, 5) is 23.3. The Morgan fingerprint density at radius 3 is 2.21 bits per heavy atom. The number of halogens is 4. The van der Waals surface area contributed by atoms with E-state index in [1.807, 2.05) is 6.07 Å². The number of fused-ring (bicyclic) bond motifs is 2. The van der Waals surface area contributed by atoms with E-state index in [1.165, 1.54) is 0 Å². The van der Waals surface area contributed by atoms with Gasteiger partial charge in [-0.15, -0.1) is 0 Å². The van der Waals surface area contributed by atoms with Crippen LogP contribution in [0.3, 0.4) is 0 Å². The number of hydrogen-bond donors (Lipinski definition) is 0. The minimum Gasteiger partial charge on any atom is -0.386 e. The lowest BCUT2D eigenvalue weighted by Gasteiger charge is -2.09. The third-order valence-corrected chi connectivity index (χ3v) is 6.91. The monoisotopic (exact) mass is 510 g/mol. The minimum absolute atomic E-state index is 0.271. The Morgan fingerprint density at radius 2 is 1.53 bits per heavy atom. The highest BCUT2D eigenvalue weighted by atomic mass is 79.9. The molecule has 0 aliphatic carbocycles. The predicted octanol–water partition coefficient (Wildman–Crippen LogP) is 5.20. The van der Waals surface area contributed by atoms with Crippen molar-refractivity contribution in [2.24, 2.45) is 0 Å². The van der Waals surface area contributed by atoms with Crippen LogP contribution in [0.1, 0.15) is 20.7 Å². The zero-order chi connectivity index (χ0) is 13.9. The van der Waals surface area contributed by atoms with E-state index in [-0.39, 0.29) is 11.1 Å². The van der Waals surface area contributed by atoms with Crippen LogP contribution in [0.5, 0.6) is 0 Å². The Hall–Kier alpha value is -0.240. The Labute approximate surface area is 141 Å². The Bertz CT molecular complexity index is 783. The number of carbonyl (C=O) groups is 2. The molecule has 0 spiro atoms. The second-order valence-electron chi connectivity index (χ2n) is 3.87. The molecule has 3 nitrogen and oxygen atoms in total. The lowest BCUT2D eigenvalue weighted by Crippen LogP contribution is -1.97. The largest absolute Gasteiger partial charge is 0.386 e. The number of carbonyl (C=O) groups excluding carboxylic acids is 2. The molecule has 0 amide bonds. The molecule has 0 unspecified atom stereocenters. The van der Waals surface area contributed by atoms with Crippen LogP contribution in [0.4, 0.5) is 0 Å². The molecule has 1 aliphatic rings. The summed E-state index contributed by atoms with van der Waals surface area (Å²) in [6.07, 6.45) is 0. The fraction of sp³-hybridized carbons (Fsp3) is 0. The predicted molar refractivity (Wildman–Crippen MR) is 84.5 cm³/mol. The summed E-state index contributed by atoms with van der Waals surface area (Å²) >= 11 is 13.7. The van der Waals surface area contributed by atoms with E-state index in [4.69, 9.17) is 0 Å². The van der Waals surface area contributed by atoms with E-state index in [1.54, 1.807) is 6.07 Å². The van der Waals surface area contributed by atoms with Crippen LogP contribution in [-0.2, 0) is 4.74 Å². The van der Waals surface area contributed by atoms with Gasteiger partial charge in [-0.05, 0) is 81.2 Å². The van der Waals surface area contributed by atoms with Crippen molar-refractivity contribution in [3.05, 3.63) is 41.2 Å². The summed E-state index contributed by atoms with van der Waals surface area (Å²) in [5.41, 5.74) is 0.554. The van der Waals surface area contributed by atoms with Crippen LogP contribution >= 0.6 is 63.7 Å². The highest BCUT2D eigenvalue weighted by Crippen LogP contribution is 2.43. The molecule has 3 rings (SSSR count). The van der Waals surface area contributed by atoms with E-state index in [0.717, 1.165) is 24.2 Å². The molecular weight excluding hydrogens is 512 g/mol. The van der Waals surface area contributed by atoms with E-state index >= 15 is 0 Å². The fourth-order valence-corrected chi connectivity index (χ4v) is 4.70. The number of hydrogen-bond acceptors (Lipinski definition) is 3. The van der Waals surface area contributed by atoms with E-state index < -0.39 is 11.9 Å². The summed E-state index contributed by atoms with van der Waals surface area (Å²) in [7, 11) is 0. The van der Waals surface area contributed by atoms with Crippen molar-refractivity contribution < 1.29 is 14.3 Å². The first-order chi connectivity index (χ1) is 8.91. The molecule has 96 valence electrons. The van der Waals surface area contributed by atoms with E-state index in [2.05, 4.69) is 68.5 Å². The molecule has 0 fully saturated rings. The first-order valence-electron chi connectivity index (χ1n) is 4.98. The normalized spacial score (nSPS) is 13.9. The summed E-state index contributed by atoms with van der Waals surface area (Å²) in [5.74, 6) is -1.24. The maximum Gasteiger partial charge on any atom is 0.348 e. The smallest absolute Gasteiger partial charge is 0.348 e. The highest BCUT2D eigenvalue weighted by Gasteiger charge is 2.33. The Morgan fingerprint density at radius 1 is 0.842 bits per heavy atom. The Kier molecular flexibility index (Phi) is 3.36. The molecule has 2 aromatic carbocycles. The molecule has 0 saturated heterocycles. The minimum atomic E-state index is -0.625. The first-order valence-corrected chi connectivity index (χ1v) is 8.15. The molecule has 1 heterocycles. The van der Waals surface area contributed by atoms with Crippen LogP contribution in [-0.4, -0.2) is 11.9 Å². The molecule has 0 atom stereocenters. The van der Waals surface area contributed by atoms with Gasteiger partial charge in [0.25, 0.3) is 0 Å². The van der Waals surface area contributed by atoms with Crippen LogP contribution in [0.2, 0.25) is 0 Å². The van der Waals surface area contributed by atoms with Crippen molar-refractivity contribution in [1.82, 2.24) is 0 Å². The number of ether oxygens (including phenoxy) is 1. The molecule has 19 heavy (non-hydrogen) atoms. The number of benzene rings is 2. The van der Waals surface area contributed by atoms with Gasteiger partial charge in [0, 0.05) is 23.3 Å². The van der Waals surface area contributed by atoms with Crippen molar-refractivity contribution in [2.45, 2.75) is 0 Å². The lowest BCUT2D eigenvalue weighted by atomic mass is 10.0. The van der Waals surface area contributed by atoms with Gasteiger partial charge < -0.3 is 4.74 Å². The van der Waals surface area contributed by atoms with Crippen molar-refractivity contribution in [1.29, 1.82) is 0 Å². The molecular formula is C12H2Br4O3. The summed E-state index contributed by atoms with van der Waals surface area (Å²) in [5, 5.41) is 1.62.